The highest BCUT2D eigenvalue weighted by Crippen LogP contribution is 2.61. The molecule has 13 aromatic carbocycles. The first kappa shape index (κ1) is 54.7. The second-order valence-electron chi connectivity index (χ2n) is 26.6. The molecule has 2 heteroatoms. The summed E-state index contributed by atoms with van der Waals surface area (Å²) in [7, 11) is 0. The molecule has 2 nitrogen and oxygen atoms in total. The van der Waals surface area contributed by atoms with Crippen LogP contribution < -0.4 is 9.80 Å². The summed E-state index contributed by atoms with van der Waals surface area (Å²) in [6, 6.07) is 110. The van der Waals surface area contributed by atoms with Gasteiger partial charge in [0.25, 0.3) is 0 Å². The number of rotatable bonds is 8. The number of aryl methyl sites for hydroxylation is 3. The molecule has 446 valence electrons. The third-order valence-electron chi connectivity index (χ3n) is 22.0. The van der Waals surface area contributed by atoms with Crippen LogP contribution in [0, 0.1) is 5.92 Å². The highest BCUT2D eigenvalue weighted by molar-refractivity contribution is 6.23. The number of para-hydroxylation sites is 3. The Balaban J connectivity index is 0.957. The van der Waals surface area contributed by atoms with Gasteiger partial charge >= 0.3 is 0 Å². The number of benzene rings is 13. The maximum absolute atomic E-state index is 2.65. The summed E-state index contributed by atoms with van der Waals surface area (Å²) >= 11 is 0. The molecule has 0 amide bonds. The molecule has 0 saturated carbocycles. The summed E-state index contributed by atoms with van der Waals surface area (Å²) in [4.78, 5) is 5.21. The number of fused-ring (bicyclic) bond motifs is 11. The highest BCUT2D eigenvalue weighted by Gasteiger charge is 2.50. The summed E-state index contributed by atoms with van der Waals surface area (Å²) in [6.45, 7) is 0. The van der Waals surface area contributed by atoms with Gasteiger partial charge in [-0.2, -0.15) is 0 Å². The van der Waals surface area contributed by atoms with Gasteiger partial charge in [0, 0.05) is 34.1 Å². The molecule has 13 aromatic rings. The van der Waals surface area contributed by atoms with Gasteiger partial charge in [-0.25, -0.2) is 0 Å². The van der Waals surface area contributed by atoms with Gasteiger partial charge in [-0.05, 0) is 233 Å². The van der Waals surface area contributed by atoms with Crippen LogP contribution in [-0.2, 0) is 30.1 Å². The average Bonchev–Trinajstić information content (AvgIpc) is 1.47. The lowest BCUT2D eigenvalue weighted by molar-refractivity contribution is 0.457. The standard InChI is InChI=1S/C92H68N2/c1-5-29-67(30-6-1)91(68-31-7-2-8-32-68)81-39-19-17-37-73(81)75-53-49-65(57-83(75)91)89-77-55-51-72(94-87-43-23-15-27-63(87)47-48-64-28-16-24-44-88(64)94)60-80(77)90(78-56-52-71(59-79(78)89)93-85-41-21-13-25-61(85)45-46-62-26-14-22-42-86(62)93)66-50-54-76-74-38-18-20-40-82(74)92(84(76)58-66,69-33-9-3-10-34-69)70-35-11-4-12-36-70/h1-23,25-31,33-43,49-60,68H,24,32,44-48H2. The van der Waals surface area contributed by atoms with Crippen LogP contribution in [0.4, 0.5) is 28.4 Å². The lowest BCUT2D eigenvalue weighted by atomic mass is 9.62. The Kier molecular flexibility index (Phi) is 12.7. The van der Waals surface area contributed by atoms with Crippen LogP contribution >= 0.6 is 0 Å². The molecule has 0 saturated heterocycles. The number of hydrogen-bond acceptors (Lipinski definition) is 2. The van der Waals surface area contributed by atoms with Gasteiger partial charge in [-0.3, -0.25) is 0 Å². The molecule has 2 unspecified atom stereocenters. The zero-order valence-corrected chi connectivity index (χ0v) is 52.5. The first-order valence-electron chi connectivity index (χ1n) is 33.9. The predicted octanol–water partition coefficient (Wildman–Crippen LogP) is 23.4. The Bertz CT molecular complexity index is 5290. The Morgan fingerprint density at radius 3 is 1.40 bits per heavy atom. The van der Waals surface area contributed by atoms with Crippen molar-refractivity contribution in [1.29, 1.82) is 0 Å². The molecule has 0 radical (unpaired) electrons. The van der Waals surface area contributed by atoms with Crippen LogP contribution in [-0.4, -0.2) is 0 Å². The third-order valence-corrected chi connectivity index (χ3v) is 22.0. The van der Waals surface area contributed by atoms with Crippen molar-refractivity contribution in [2.75, 3.05) is 9.80 Å². The molecule has 0 spiro atoms. The van der Waals surface area contributed by atoms with Crippen LogP contribution in [0.5, 0.6) is 0 Å². The normalized spacial score (nSPS) is 17.7. The zero-order valence-electron chi connectivity index (χ0n) is 52.5. The van der Waals surface area contributed by atoms with Gasteiger partial charge < -0.3 is 9.80 Å². The Labute approximate surface area is 551 Å². The van der Waals surface area contributed by atoms with Crippen molar-refractivity contribution in [2.24, 2.45) is 5.92 Å². The fourth-order valence-corrected chi connectivity index (χ4v) is 18.1. The van der Waals surface area contributed by atoms with Gasteiger partial charge in [0.05, 0.1) is 10.8 Å². The van der Waals surface area contributed by atoms with Crippen LogP contribution in [0.15, 0.2) is 333 Å². The molecule has 6 aliphatic rings. The summed E-state index contributed by atoms with van der Waals surface area (Å²) < 4.78 is 0. The molecule has 0 fully saturated rings. The first-order valence-corrected chi connectivity index (χ1v) is 33.9. The number of nitrogens with zero attached hydrogens (tertiary/aromatic N) is 2. The van der Waals surface area contributed by atoms with E-state index in [2.05, 4.69) is 331 Å². The van der Waals surface area contributed by atoms with E-state index in [0.29, 0.717) is 0 Å². The molecule has 2 aliphatic heterocycles. The van der Waals surface area contributed by atoms with Gasteiger partial charge in [0.2, 0.25) is 0 Å². The predicted molar refractivity (Wildman–Crippen MR) is 392 cm³/mol. The minimum Gasteiger partial charge on any atom is -0.314 e. The molecule has 0 bridgehead atoms. The monoisotopic (exact) mass is 1200 g/mol. The van der Waals surface area contributed by atoms with Crippen molar-refractivity contribution >= 4 is 50.0 Å². The number of anilines is 5. The zero-order chi connectivity index (χ0) is 61.9. The second kappa shape index (κ2) is 21.8. The van der Waals surface area contributed by atoms with E-state index in [1.165, 1.54) is 156 Å². The molecule has 2 atom stereocenters. The third kappa shape index (κ3) is 8.08. The molecule has 0 N–H and O–H groups in total. The van der Waals surface area contributed by atoms with Crippen LogP contribution in [0.2, 0.25) is 0 Å². The van der Waals surface area contributed by atoms with E-state index in [0.717, 1.165) is 50.6 Å². The molecular weight excluding hydrogens is 1130 g/mol. The lowest BCUT2D eigenvalue weighted by Crippen LogP contribution is -2.35. The van der Waals surface area contributed by atoms with Crippen LogP contribution in [0.1, 0.15) is 81.3 Å². The minimum absolute atomic E-state index is 0.181. The van der Waals surface area contributed by atoms with Gasteiger partial charge in [-0.1, -0.05) is 267 Å². The highest BCUT2D eigenvalue weighted by atomic mass is 15.2. The quantitative estimate of drug-likeness (QED) is 0.140. The Morgan fingerprint density at radius 1 is 0.330 bits per heavy atom. The summed E-state index contributed by atoms with van der Waals surface area (Å²) in [6.07, 6.45) is 21.1. The van der Waals surface area contributed by atoms with E-state index in [1.807, 2.05) is 0 Å². The van der Waals surface area contributed by atoms with E-state index in [9.17, 15) is 0 Å². The SMILES string of the molecule is C1=CCC(C2(c3ccccc3)c3ccccc3-c3ccc(-c4c5ccc(N6C7=C(C=CCC7)CCc7ccccc76)cc5c(-c5ccc6c(c5)C(c5ccccc5)(c5ccccc5)c5ccccc5-6)c5ccc(N6c7ccccc7CCc7ccccc76)cc45)cc32)C=C1. The van der Waals surface area contributed by atoms with E-state index in [1.54, 1.807) is 0 Å². The second-order valence-corrected chi connectivity index (χ2v) is 26.6. The van der Waals surface area contributed by atoms with Crippen molar-refractivity contribution in [1.82, 2.24) is 0 Å². The largest absolute Gasteiger partial charge is 0.314 e. The average molecular weight is 1200 g/mol. The van der Waals surface area contributed by atoms with Gasteiger partial charge in [0.1, 0.15) is 0 Å². The summed E-state index contributed by atoms with van der Waals surface area (Å²) in [5.74, 6) is 0.181. The maximum atomic E-state index is 2.65. The fraction of sp³-hybridized carbons (Fsp3) is 0.109. The molecule has 0 aromatic heterocycles. The molecule has 94 heavy (non-hydrogen) atoms. The first-order chi connectivity index (χ1) is 46.6. The molecule has 19 rings (SSSR count). The number of allylic oxidation sites excluding steroid dienone is 8. The molecular formula is C92H68N2. The Hall–Kier alpha value is -11.1. The van der Waals surface area contributed by atoms with Crippen LogP contribution in [0.3, 0.4) is 0 Å². The minimum atomic E-state index is -0.592. The summed E-state index contributed by atoms with van der Waals surface area (Å²) in [5.41, 5.74) is 31.2. The number of hydrogen-bond donors (Lipinski definition) is 0. The maximum Gasteiger partial charge on any atom is 0.0713 e. The van der Waals surface area contributed by atoms with Crippen molar-refractivity contribution in [3.8, 4) is 44.5 Å². The van der Waals surface area contributed by atoms with Crippen molar-refractivity contribution in [3.05, 3.63) is 388 Å². The van der Waals surface area contributed by atoms with Crippen molar-refractivity contribution < 1.29 is 0 Å². The van der Waals surface area contributed by atoms with E-state index in [-0.39, 0.29) is 5.92 Å². The van der Waals surface area contributed by atoms with Crippen molar-refractivity contribution in [2.45, 2.75) is 55.8 Å². The molecule has 4 aliphatic carbocycles. The summed E-state index contributed by atoms with van der Waals surface area (Å²) in [5, 5.41) is 4.89. The van der Waals surface area contributed by atoms with Gasteiger partial charge in [0.15, 0.2) is 0 Å². The topological polar surface area (TPSA) is 6.48 Å². The van der Waals surface area contributed by atoms with Gasteiger partial charge in [-0.15, -0.1) is 0 Å². The van der Waals surface area contributed by atoms with Crippen LogP contribution in [0.25, 0.3) is 66.1 Å². The van der Waals surface area contributed by atoms with Crippen molar-refractivity contribution in [3.63, 3.8) is 0 Å². The van der Waals surface area contributed by atoms with E-state index >= 15 is 0 Å². The van der Waals surface area contributed by atoms with E-state index in [4.69, 9.17) is 0 Å². The van der Waals surface area contributed by atoms with E-state index < -0.39 is 10.8 Å². The fourth-order valence-electron chi connectivity index (χ4n) is 18.1. The Morgan fingerprint density at radius 2 is 0.809 bits per heavy atom. The smallest absolute Gasteiger partial charge is 0.0713 e. The lowest BCUT2D eigenvalue weighted by Gasteiger charge is -2.40. The molecule has 2 heterocycles.